The SMILES string of the molecule is CCCC(=O)OC(=S)c1ccccc1C. The topological polar surface area (TPSA) is 26.3 Å². The van der Waals surface area contributed by atoms with E-state index in [0.717, 1.165) is 17.5 Å². The molecular weight excluding hydrogens is 208 g/mol. The van der Waals surface area contributed by atoms with Crippen molar-refractivity contribution in [3.8, 4) is 0 Å². The second kappa shape index (κ2) is 5.61. The smallest absolute Gasteiger partial charge is 0.312 e. The van der Waals surface area contributed by atoms with Crippen molar-refractivity contribution in [1.82, 2.24) is 0 Å². The van der Waals surface area contributed by atoms with Gasteiger partial charge in [-0.15, -0.1) is 0 Å². The van der Waals surface area contributed by atoms with Crippen molar-refractivity contribution >= 4 is 23.2 Å². The number of ether oxygens (including phenoxy) is 1. The maximum absolute atomic E-state index is 11.2. The predicted octanol–water partition coefficient (Wildman–Crippen LogP) is 3.01. The molecule has 1 rings (SSSR count). The second-order valence-corrected chi connectivity index (χ2v) is 3.70. The van der Waals surface area contributed by atoms with Crippen LogP contribution in [-0.4, -0.2) is 11.0 Å². The summed E-state index contributed by atoms with van der Waals surface area (Å²) in [6, 6.07) is 7.60. The van der Waals surface area contributed by atoms with Crippen LogP contribution in [0.2, 0.25) is 0 Å². The van der Waals surface area contributed by atoms with Gasteiger partial charge < -0.3 is 4.74 Å². The van der Waals surface area contributed by atoms with Gasteiger partial charge in [-0.05, 0) is 31.1 Å². The van der Waals surface area contributed by atoms with E-state index in [2.05, 4.69) is 0 Å². The summed E-state index contributed by atoms with van der Waals surface area (Å²) >= 11 is 5.06. The number of carbonyl (C=O) groups is 1. The number of hydrogen-bond donors (Lipinski definition) is 0. The number of carbonyl (C=O) groups excluding carboxylic acids is 1. The Morgan fingerprint density at radius 3 is 2.67 bits per heavy atom. The largest absolute Gasteiger partial charge is 0.414 e. The van der Waals surface area contributed by atoms with Gasteiger partial charge in [0.2, 0.25) is 5.05 Å². The number of hydrogen-bond acceptors (Lipinski definition) is 3. The lowest BCUT2D eigenvalue weighted by molar-refractivity contribution is -0.135. The molecule has 3 heteroatoms. The summed E-state index contributed by atoms with van der Waals surface area (Å²) in [5, 5.41) is 0.270. The Balaban J connectivity index is 2.70. The Morgan fingerprint density at radius 1 is 1.40 bits per heavy atom. The van der Waals surface area contributed by atoms with E-state index in [1.165, 1.54) is 0 Å². The molecular formula is C12H14O2S. The molecule has 2 nitrogen and oxygen atoms in total. The molecule has 0 radical (unpaired) electrons. The molecule has 0 aliphatic carbocycles. The molecule has 0 spiro atoms. The molecule has 0 bridgehead atoms. The van der Waals surface area contributed by atoms with Gasteiger partial charge in [0.25, 0.3) is 0 Å². The summed E-state index contributed by atoms with van der Waals surface area (Å²) in [5.74, 6) is -0.259. The Morgan fingerprint density at radius 2 is 2.07 bits per heavy atom. The minimum absolute atomic E-state index is 0.259. The molecule has 1 aromatic rings. The molecule has 0 saturated heterocycles. The first-order chi connectivity index (χ1) is 7.15. The zero-order valence-electron chi connectivity index (χ0n) is 8.95. The lowest BCUT2D eigenvalue weighted by Gasteiger charge is -2.07. The van der Waals surface area contributed by atoms with Crippen molar-refractivity contribution in [3.05, 3.63) is 35.4 Å². The normalized spacial score (nSPS) is 9.73. The summed E-state index contributed by atoms with van der Waals surface area (Å²) in [6.45, 7) is 3.87. The van der Waals surface area contributed by atoms with Crippen LogP contribution in [0.5, 0.6) is 0 Å². The molecule has 0 aliphatic heterocycles. The van der Waals surface area contributed by atoms with Crippen molar-refractivity contribution in [1.29, 1.82) is 0 Å². The first-order valence-electron chi connectivity index (χ1n) is 4.95. The molecule has 0 heterocycles. The summed E-state index contributed by atoms with van der Waals surface area (Å²) in [5.41, 5.74) is 1.84. The second-order valence-electron chi connectivity index (χ2n) is 3.33. The fourth-order valence-corrected chi connectivity index (χ4v) is 1.54. The highest BCUT2D eigenvalue weighted by Crippen LogP contribution is 2.10. The molecule has 0 saturated carbocycles. The fourth-order valence-electron chi connectivity index (χ4n) is 1.22. The van der Waals surface area contributed by atoms with E-state index in [4.69, 9.17) is 17.0 Å². The maximum Gasteiger partial charge on any atom is 0.312 e. The van der Waals surface area contributed by atoms with E-state index in [1.54, 1.807) is 0 Å². The van der Waals surface area contributed by atoms with Crippen molar-refractivity contribution in [2.75, 3.05) is 0 Å². The minimum Gasteiger partial charge on any atom is -0.414 e. The van der Waals surface area contributed by atoms with E-state index in [9.17, 15) is 4.79 Å². The van der Waals surface area contributed by atoms with Gasteiger partial charge in [-0.25, -0.2) is 0 Å². The van der Waals surface area contributed by atoms with E-state index >= 15 is 0 Å². The van der Waals surface area contributed by atoms with Crippen molar-refractivity contribution < 1.29 is 9.53 Å². The standard InChI is InChI=1S/C12H14O2S/c1-3-6-11(13)14-12(15)10-8-5-4-7-9(10)2/h4-5,7-8H,3,6H2,1-2H3. The number of benzene rings is 1. The van der Waals surface area contributed by atoms with Crippen LogP contribution in [0.4, 0.5) is 0 Å². The van der Waals surface area contributed by atoms with Crippen LogP contribution in [0.3, 0.4) is 0 Å². The molecule has 15 heavy (non-hydrogen) atoms. The summed E-state index contributed by atoms with van der Waals surface area (Å²) in [6.07, 6.45) is 1.18. The highest BCUT2D eigenvalue weighted by Gasteiger charge is 2.09. The Bertz CT molecular complexity index is 372. The highest BCUT2D eigenvalue weighted by atomic mass is 32.1. The average Bonchev–Trinajstić information content (AvgIpc) is 2.18. The van der Waals surface area contributed by atoms with E-state index in [0.29, 0.717) is 6.42 Å². The number of aryl methyl sites for hydroxylation is 1. The average molecular weight is 222 g/mol. The van der Waals surface area contributed by atoms with Crippen molar-refractivity contribution in [3.63, 3.8) is 0 Å². The van der Waals surface area contributed by atoms with E-state index in [-0.39, 0.29) is 11.0 Å². The zero-order chi connectivity index (χ0) is 11.3. The first kappa shape index (κ1) is 11.9. The molecule has 0 unspecified atom stereocenters. The molecule has 0 atom stereocenters. The molecule has 0 aromatic heterocycles. The Hall–Kier alpha value is -1.22. The highest BCUT2D eigenvalue weighted by molar-refractivity contribution is 7.80. The molecule has 1 aromatic carbocycles. The van der Waals surface area contributed by atoms with Crippen molar-refractivity contribution in [2.45, 2.75) is 26.7 Å². The third kappa shape index (κ3) is 3.44. The van der Waals surface area contributed by atoms with E-state index in [1.807, 2.05) is 38.1 Å². The van der Waals surface area contributed by atoms with Crippen LogP contribution in [0.25, 0.3) is 0 Å². The minimum atomic E-state index is -0.259. The van der Waals surface area contributed by atoms with Crippen molar-refractivity contribution in [2.24, 2.45) is 0 Å². The quantitative estimate of drug-likeness (QED) is 0.581. The van der Waals surface area contributed by atoms with Crippen LogP contribution < -0.4 is 0 Å². The van der Waals surface area contributed by atoms with Crippen LogP contribution in [0.15, 0.2) is 24.3 Å². The fraction of sp³-hybridized carbons (Fsp3) is 0.333. The van der Waals surface area contributed by atoms with Gasteiger partial charge in [0.05, 0.1) is 0 Å². The van der Waals surface area contributed by atoms with Gasteiger partial charge in [0, 0.05) is 12.0 Å². The monoisotopic (exact) mass is 222 g/mol. The van der Waals surface area contributed by atoms with Gasteiger partial charge >= 0.3 is 5.97 Å². The number of thiocarbonyl (C=S) groups is 1. The molecule has 80 valence electrons. The van der Waals surface area contributed by atoms with Gasteiger partial charge in [-0.1, -0.05) is 31.2 Å². The molecule has 0 aliphatic rings. The summed E-state index contributed by atoms with van der Waals surface area (Å²) < 4.78 is 5.05. The maximum atomic E-state index is 11.2. The van der Waals surface area contributed by atoms with Gasteiger partial charge in [0.1, 0.15) is 0 Å². The van der Waals surface area contributed by atoms with Gasteiger partial charge in [0.15, 0.2) is 0 Å². The Labute approximate surface area is 95.3 Å². The summed E-state index contributed by atoms with van der Waals surface area (Å²) in [4.78, 5) is 11.2. The van der Waals surface area contributed by atoms with Crippen LogP contribution >= 0.6 is 12.2 Å². The van der Waals surface area contributed by atoms with Gasteiger partial charge in [-0.2, -0.15) is 0 Å². The third-order valence-corrected chi connectivity index (χ3v) is 2.33. The van der Waals surface area contributed by atoms with Crippen LogP contribution in [-0.2, 0) is 9.53 Å². The lowest BCUT2D eigenvalue weighted by atomic mass is 10.1. The third-order valence-electron chi connectivity index (χ3n) is 2.03. The number of rotatable bonds is 3. The lowest BCUT2D eigenvalue weighted by Crippen LogP contribution is -2.12. The van der Waals surface area contributed by atoms with Crippen LogP contribution in [0.1, 0.15) is 30.9 Å². The zero-order valence-corrected chi connectivity index (χ0v) is 9.76. The van der Waals surface area contributed by atoms with E-state index < -0.39 is 0 Å². The summed E-state index contributed by atoms with van der Waals surface area (Å²) in [7, 11) is 0. The van der Waals surface area contributed by atoms with Gasteiger partial charge in [-0.3, -0.25) is 4.79 Å². The molecule has 0 amide bonds. The molecule has 0 N–H and O–H groups in total. The van der Waals surface area contributed by atoms with Crippen LogP contribution in [0, 0.1) is 6.92 Å². The Kier molecular flexibility index (Phi) is 4.43. The number of esters is 1. The predicted molar refractivity (Wildman–Crippen MR) is 63.9 cm³/mol. The first-order valence-corrected chi connectivity index (χ1v) is 5.36. The molecule has 0 fully saturated rings.